The molecule has 0 aliphatic rings. The molecule has 2 aromatic rings. The molecule has 1 atom stereocenters. The normalized spacial score (nSPS) is 11.9. The monoisotopic (exact) mass is 289 g/mol. The number of hydrogen-bond acceptors (Lipinski definition) is 5. The number of aromatic nitrogens is 2. The third-order valence-corrected chi connectivity index (χ3v) is 3.04. The van der Waals surface area contributed by atoms with Crippen LogP contribution in [0.2, 0.25) is 0 Å². The second kappa shape index (κ2) is 6.17. The van der Waals surface area contributed by atoms with Crippen molar-refractivity contribution < 1.29 is 14.3 Å². The van der Waals surface area contributed by atoms with Gasteiger partial charge in [-0.15, -0.1) is 0 Å². The lowest BCUT2D eigenvalue weighted by atomic mass is 10.1. The van der Waals surface area contributed by atoms with Crippen molar-refractivity contribution in [2.24, 2.45) is 0 Å². The summed E-state index contributed by atoms with van der Waals surface area (Å²) in [4.78, 5) is 34.8. The first-order valence-electron chi connectivity index (χ1n) is 6.36. The number of nitrogens with zero attached hydrogens (tertiary/aromatic N) is 1. The highest BCUT2D eigenvalue weighted by Gasteiger charge is 2.17. The number of nitrogens with one attached hydrogen (secondary N) is 2. The molecule has 1 aromatic carbocycles. The van der Waals surface area contributed by atoms with E-state index in [4.69, 9.17) is 0 Å². The third kappa shape index (κ3) is 3.25. The molecule has 0 fully saturated rings. The third-order valence-electron chi connectivity index (χ3n) is 3.04. The predicted octanol–water partition coefficient (Wildman–Crippen LogP) is 0.143. The van der Waals surface area contributed by atoms with Crippen LogP contribution in [0.15, 0.2) is 29.1 Å². The van der Waals surface area contributed by atoms with Crippen LogP contribution in [-0.2, 0) is 20.7 Å². The first-order chi connectivity index (χ1) is 10.0. The van der Waals surface area contributed by atoms with Crippen molar-refractivity contribution in [3.8, 4) is 0 Å². The van der Waals surface area contributed by atoms with E-state index in [1.54, 1.807) is 24.3 Å². The van der Waals surface area contributed by atoms with Crippen LogP contribution in [0.25, 0.3) is 10.8 Å². The second-order valence-electron chi connectivity index (χ2n) is 4.53. The highest BCUT2D eigenvalue weighted by molar-refractivity contribution is 5.90. The number of fused-ring (bicyclic) bond motifs is 1. The lowest BCUT2D eigenvalue weighted by Crippen LogP contribution is -2.40. The summed E-state index contributed by atoms with van der Waals surface area (Å²) in [6, 6.07) is 6.15. The van der Waals surface area contributed by atoms with Gasteiger partial charge >= 0.3 is 5.97 Å². The molecule has 1 aromatic heterocycles. The number of H-pyrrole nitrogens is 1. The molecule has 0 unspecified atom stereocenters. The Labute approximate surface area is 120 Å². The van der Waals surface area contributed by atoms with Crippen molar-refractivity contribution in [3.63, 3.8) is 0 Å². The van der Waals surface area contributed by atoms with E-state index >= 15 is 0 Å². The van der Waals surface area contributed by atoms with Crippen molar-refractivity contribution in [2.75, 3.05) is 7.11 Å². The molecular formula is C14H15N3O4. The van der Waals surface area contributed by atoms with Gasteiger partial charge in [0.1, 0.15) is 6.04 Å². The molecule has 1 heterocycles. The molecule has 2 rings (SSSR count). The van der Waals surface area contributed by atoms with E-state index in [2.05, 4.69) is 20.3 Å². The van der Waals surface area contributed by atoms with Crippen molar-refractivity contribution >= 4 is 22.6 Å². The molecule has 2 N–H and O–H groups in total. The van der Waals surface area contributed by atoms with Gasteiger partial charge in [0.25, 0.3) is 5.56 Å². The molecule has 110 valence electrons. The maximum atomic E-state index is 11.9. The summed E-state index contributed by atoms with van der Waals surface area (Å²) < 4.78 is 4.53. The summed E-state index contributed by atoms with van der Waals surface area (Å²) in [5, 5.41) is 9.86. The van der Waals surface area contributed by atoms with Gasteiger partial charge in [-0.3, -0.25) is 9.59 Å². The molecule has 0 radical (unpaired) electrons. The van der Waals surface area contributed by atoms with Crippen molar-refractivity contribution in [2.45, 2.75) is 19.4 Å². The van der Waals surface area contributed by atoms with Crippen LogP contribution >= 0.6 is 0 Å². The average molecular weight is 289 g/mol. The van der Waals surface area contributed by atoms with E-state index in [0.29, 0.717) is 16.5 Å². The number of methoxy groups -OCH3 is 1. The molecule has 21 heavy (non-hydrogen) atoms. The Balaban J connectivity index is 2.21. The first kappa shape index (κ1) is 14.7. The lowest BCUT2D eigenvalue weighted by Gasteiger charge is -2.11. The molecule has 0 bridgehead atoms. The summed E-state index contributed by atoms with van der Waals surface area (Å²) in [7, 11) is 1.25. The van der Waals surface area contributed by atoms with Crippen LogP contribution < -0.4 is 10.9 Å². The van der Waals surface area contributed by atoms with Gasteiger partial charge < -0.3 is 10.1 Å². The van der Waals surface area contributed by atoms with Gasteiger partial charge in [-0.25, -0.2) is 9.89 Å². The number of carbonyl (C=O) groups is 2. The standard InChI is InChI=1S/C14H15N3O4/c1-8(14(20)21-2)15-12(18)7-11-9-5-3-4-6-10(9)13(19)17-16-11/h3-6,8H,7H2,1-2H3,(H,15,18)(H,17,19)/t8-/m0/s1. The fourth-order valence-corrected chi connectivity index (χ4v) is 1.99. The lowest BCUT2D eigenvalue weighted by molar-refractivity contribution is -0.144. The van der Waals surface area contributed by atoms with Gasteiger partial charge in [0.2, 0.25) is 5.91 Å². The highest BCUT2D eigenvalue weighted by atomic mass is 16.5. The highest BCUT2D eigenvalue weighted by Crippen LogP contribution is 2.12. The number of aromatic amines is 1. The van der Waals surface area contributed by atoms with Gasteiger partial charge in [-0.1, -0.05) is 18.2 Å². The Morgan fingerprint density at radius 2 is 2.00 bits per heavy atom. The van der Waals surface area contributed by atoms with Gasteiger partial charge in [0.05, 0.1) is 24.6 Å². The van der Waals surface area contributed by atoms with Gasteiger partial charge in [0, 0.05) is 5.39 Å². The first-order valence-corrected chi connectivity index (χ1v) is 6.36. The Morgan fingerprint density at radius 3 is 2.67 bits per heavy atom. The number of hydrogen-bond donors (Lipinski definition) is 2. The number of rotatable bonds is 4. The smallest absolute Gasteiger partial charge is 0.328 e. The molecule has 1 amide bonds. The number of benzene rings is 1. The molecule has 7 nitrogen and oxygen atoms in total. The molecular weight excluding hydrogens is 274 g/mol. The minimum atomic E-state index is -0.739. The minimum absolute atomic E-state index is 0.0430. The van der Waals surface area contributed by atoms with Crippen LogP contribution in [-0.4, -0.2) is 35.2 Å². The van der Waals surface area contributed by atoms with Gasteiger partial charge in [0.15, 0.2) is 0 Å². The van der Waals surface area contributed by atoms with Crippen LogP contribution in [0.1, 0.15) is 12.6 Å². The Bertz CT molecular complexity index is 738. The summed E-state index contributed by atoms with van der Waals surface area (Å²) in [6.07, 6.45) is -0.0430. The molecule has 0 aliphatic heterocycles. The van der Waals surface area contributed by atoms with Crippen molar-refractivity contribution in [1.82, 2.24) is 15.5 Å². The van der Waals surface area contributed by atoms with E-state index in [1.807, 2.05) is 0 Å². The predicted molar refractivity (Wildman–Crippen MR) is 75.7 cm³/mol. The fourth-order valence-electron chi connectivity index (χ4n) is 1.99. The van der Waals surface area contributed by atoms with Crippen LogP contribution in [0.4, 0.5) is 0 Å². The Hall–Kier alpha value is -2.70. The van der Waals surface area contributed by atoms with Gasteiger partial charge in [-0.2, -0.15) is 5.10 Å². The molecule has 0 saturated heterocycles. The quantitative estimate of drug-likeness (QED) is 0.780. The summed E-state index contributed by atoms with van der Waals surface area (Å²) in [5.74, 6) is -0.903. The number of carbonyl (C=O) groups excluding carboxylic acids is 2. The van der Waals surface area contributed by atoms with E-state index in [9.17, 15) is 14.4 Å². The summed E-state index contributed by atoms with van der Waals surface area (Å²) >= 11 is 0. The largest absolute Gasteiger partial charge is 0.467 e. The molecule has 0 saturated carbocycles. The van der Waals surface area contributed by atoms with E-state index in [1.165, 1.54) is 14.0 Å². The number of ether oxygens (including phenoxy) is 1. The Morgan fingerprint density at radius 1 is 1.33 bits per heavy atom. The maximum Gasteiger partial charge on any atom is 0.328 e. The topological polar surface area (TPSA) is 101 Å². The Kier molecular flexibility index (Phi) is 4.32. The fraction of sp³-hybridized carbons (Fsp3) is 0.286. The SMILES string of the molecule is COC(=O)[C@H](C)NC(=O)Cc1n[nH]c(=O)c2ccccc12. The zero-order chi connectivity index (χ0) is 15.4. The van der Waals surface area contributed by atoms with E-state index in [0.717, 1.165) is 0 Å². The summed E-state index contributed by atoms with van der Waals surface area (Å²) in [6.45, 7) is 1.53. The van der Waals surface area contributed by atoms with E-state index < -0.39 is 12.0 Å². The van der Waals surface area contributed by atoms with Crippen LogP contribution in [0.5, 0.6) is 0 Å². The second-order valence-corrected chi connectivity index (χ2v) is 4.53. The van der Waals surface area contributed by atoms with Crippen LogP contribution in [0.3, 0.4) is 0 Å². The van der Waals surface area contributed by atoms with Gasteiger partial charge in [-0.05, 0) is 13.0 Å². The number of esters is 1. The van der Waals surface area contributed by atoms with Crippen molar-refractivity contribution in [3.05, 3.63) is 40.3 Å². The molecule has 7 heteroatoms. The molecule has 0 spiro atoms. The van der Waals surface area contributed by atoms with Crippen LogP contribution in [0, 0.1) is 0 Å². The zero-order valence-corrected chi connectivity index (χ0v) is 11.7. The number of amides is 1. The average Bonchev–Trinajstić information content (AvgIpc) is 2.49. The maximum absolute atomic E-state index is 11.9. The molecule has 0 aliphatic carbocycles. The summed E-state index contributed by atoms with van der Waals surface area (Å²) in [5.41, 5.74) is 0.137. The zero-order valence-electron chi connectivity index (χ0n) is 11.7. The minimum Gasteiger partial charge on any atom is -0.467 e. The van der Waals surface area contributed by atoms with E-state index in [-0.39, 0.29) is 17.9 Å². The van der Waals surface area contributed by atoms with Crippen molar-refractivity contribution in [1.29, 1.82) is 0 Å².